The minimum atomic E-state index is 0.147. The summed E-state index contributed by atoms with van der Waals surface area (Å²) in [6.07, 6.45) is 0.948. The fourth-order valence-electron chi connectivity index (χ4n) is 3.72. The molecule has 2 heterocycles. The molecule has 0 N–H and O–H groups in total. The van der Waals surface area contributed by atoms with E-state index < -0.39 is 0 Å². The lowest BCUT2D eigenvalue weighted by Crippen LogP contribution is -2.34. The number of likely N-dealkylation sites (N-methyl/N-ethyl adjacent to an activating group) is 1. The van der Waals surface area contributed by atoms with Gasteiger partial charge in [-0.25, -0.2) is 9.97 Å². The van der Waals surface area contributed by atoms with E-state index in [1.165, 1.54) is 0 Å². The van der Waals surface area contributed by atoms with Crippen LogP contribution >= 0.6 is 0 Å². The molecule has 1 aliphatic rings. The highest BCUT2D eigenvalue weighted by Gasteiger charge is 2.20. The molecule has 0 unspecified atom stereocenters. The number of rotatable bonds is 6. The van der Waals surface area contributed by atoms with Crippen LogP contribution in [0.3, 0.4) is 0 Å². The van der Waals surface area contributed by atoms with Gasteiger partial charge in [0.2, 0.25) is 5.91 Å². The monoisotopic (exact) mass is 381 g/mol. The van der Waals surface area contributed by atoms with Gasteiger partial charge in [-0.1, -0.05) is 31.2 Å². The van der Waals surface area contributed by atoms with Crippen molar-refractivity contribution < 1.29 is 4.79 Å². The first kappa shape index (κ1) is 20.3. The van der Waals surface area contributed by atoms with E-state index in [9.17, 15) is 4.79 Å². The largest absolute Gasteiger partial charge is 0.354 e. The molecule has 6 heteroatoms. The van der Waals surface area contributed by atoms with Crippen molar-refractivity contribution in [3.63, 3.8) is 0 Å². The summed E-state index contributed by atoms with van der Waals surface area (Å²) in [6, 6.07) is 8.20. The number of benzene rings is 1. The second-order valence-electron chi connectivity index (χ2n) is 7.59. The van der Waals surface area contributed by atoms with Crippen LogP contribution in [-0.4, -0.2) is 64.9 Å². The highest BCUT2D eigenvalue weighted by Crippen LogP contribution is 2.25. The average Bonchev–Trinajstić information content (AvgIpc) is 2.92. The SMILES string of the molecule is C=C(C)CN(CC)Cc1nc(N2CCCN(C(C)=O)CC2)c2ccccc2n1. The number of aromatic nitrogens is 2. The fourth-order valence-corrected chi connectivity index (χ4v) is 3.72. The van der Waals surface area contributed by atoms with Gasteiger partial charge in [0.1, 0.15) is 11.6 Å². The molecule has 1 saturated heterocycles. The van der Waals surface area contributed by atoms with Crippen molar-refractivity contribution in [1.82, 2.24) is 19.8 Å². The number of para-hydroxylation sites is 1. The minimum Gasteiger partial charge on any atom is -0.354 e. The first-order valence-corrected chi connectivity index (χ1v) is 10.1. The summed E-state index contributed by atoms with van der Waals surface area (Å²) in [6.45, 7) is 15.6. The maximum Gasteiger partial charge on any atom is 0.219 e. The zero-order chi connectivity index (χ0) is 20.1. The quantitative estimate of drug-likeness (QED) is 0.720. The summed E-state index contributed by atoms with van der Waals surface area (Å²) >= 11 is 0. The van der Waals surface area contributed by atoms with E-state index >= 15 is 0 Å². The highest BCUT2D eigenvalue weighted by atomic mass is 16.2. The third kappa shape index (κ3) is 4.87. The van der Waals surface area contributed by atoms with Crippen molar-refractivity contribution >= 4 is 22.6 Å². The Morgan fingerprint density at radius 1 is 1.14 bits per heavy atom. The van der Waals surface area contributed by atoms with Crippen LogP contribution in [0.2, 0.25) is 0 Å². The Kier molecular flexibility index (Phi) is 6.62. The van der Waals surface area contributed by atoms with Gasteiger partial charge in [-0.2, -0.15) is 0 Å². The Bertz CT molecular complexity index is 850. The van der Waals surface area contributed by atoms with Gasteiger partial charge in [-0.3, -0.25) is 9.69 Å². The van der Waals surface area contributed by atoms with Gasteiger partial charge in [0.25, 0.3) is 0 Å². The Labute approximate surface area is 167 Å². The molecule has 0 atom stereocenters. The number of hydrogen-bond donors (Lipinski definition) is 0. The molecule has 2 aromatic rings. The number of amides is 1. The maximum atomic E-state index is 11.8. The molecule has 3 rings (SSSR count). The summed E-state index contributed by atoms with van der Waals surface area (Å²) in [5.74, 6) is 1.97. The summed E-state index contributed by atoms with van der Waals surface area (Å²) in [7, 11) is 0. The van der Waals surface area contributed by atoms with Crippen LogP contribution in [0.15, 0.2) is 36.4 Å². The predicted octanol–water partition coefficient (Wildman–Crippen LogP) is 3.09. The van der Waals surface area contributed by atoms with Crippen LogP contribution in [0.4, 0.5) is 5.82 Å². The van der Waals surface area contributed by atoms with E-state index in [4.69, 9.17) is 9.97 Å². The maximum absolute atomic E-state index is 11.8. The van der Waals surface area contributed by atoms with Gasteiger partial charge in [0, 0.05) is 45.0 Å². The molecule has 0 saturated carbocycles. The highest BCUT2D eigenvalue weighted by molar-refractivity contribution is 5.89. The summed E-state index contributed by atoms with van der Waals surface area (Å²) in [5.41, 5.74) is 2.11. The van der Waals surface area contributed by atoms with Crippen LogP contribution in [0.1, 0.15) is 33.0 Å². The molecule has 28 heavy (non-hydrogen) atoms. The smallest absolute Gasteiger partial charge is 0.219 e. The Hall–Kier alpha value is -2.47. The Morgan fingerprint density at radius 3 is 2.64 bits per heavy atom. The molecule has 0 spiro atoms. The molecule has 1 aromatic carbocycles. The fraction of sp³-hybridized carbons (Fsp3) is 0.500. The molecule has 6 nitrogen and oxygen atoms in total. The number of carbonyl (C=O) groups is 1. The number of nitrogens with zero attached hydrogens (tertiary/aromatic N) is 5. The molecule has 150 valence electrons. The van der Waals surface area contributed by atoms with Gasteiger partial charge in [-0.15, -0.1) is 0 Å². The van der Waals surface area contributed by atoms with Gasteiger partial charge in [0.15, 0.2) is 0 Å². The summed E-state index contributed by atoms with van der Waals surface area (Å²) < 4.78 is 0. The first-order valence-electron chi connectivity index (χ1n) is 10.1. The molecule has 1 amide bonds. The van der Waals surface area contributed by atoms with E-state index in [0.717, 1.165) is 73.8 Å². The third-order valence-electron chi connectivity index (χ3n) is 5.18. The number of carbonyl (C=O) groups excluding carboxylic acids is 1. The Balaban J connectivity index is 1.92. The summed E-state index contributed by atoms with van der Waals surface area (Å²) in [5, 5.41) is 1.07. The van der Waals surface area contributed by atoms with Crippen LogP contribution < -0.4 is 4.90 Å². The first-order chi connectivity index (χ1) is 13.5. The normalized spacial score (nSPS) is 15.1. The average molecular weight is 382 g/mol. The Morgan fingerprint density at radius 2 is 1.93 bits per heavy atom. The third-order valence-corrected chi connectivity index (χ3v) is 5.18. The molecule has 1 fully saturated rings. The van der Waals surface area contributed by atoms with E-state index in [1.54, 1.807) is 6.92 Å². The molecule has 0 bridgehead atoms. The minimum absolute atomic E-state index is 0.147. The second-order valence-corrected chi connectivity index (χ2v) is 7.59. The van der Waals surface area contributed by atoms with E-state index in [0.29, 0.717) is 6.54 Å². The van der Waals surface area contributed by atoms with Gasteiger partial charge < -0.3 is 9.80 Å². The number of hydrogen-bond acceptors (Lipinski definition) is 5. The van der Waals surface area contributed by atoms with Crippen LogP contribution in [0.5, 0.6) is 0 Å². The van der Waals surface area contributed by atoms with Crippen LogP contribution in [0, 0.1) is 0 Å². The van der Waals surface area contributed by atoms with Crippen LogP contribution in [0.25, 0.3) is 10.9 Å². The standard InChI is InChI=1S/C22H31N5O/c1-5-25(15-17(2)3)16-21-23-20-10-7-6-9-19(20)22(24-21)27-12-8-11-26(13-14-27)18(4)28/h6-7,9-10H,2,5,8,11-16H2,1,3-4H3. The molecular weight excluding hydrogens is 350 g/mol. The van der Waals surface area contributed by atoms with Gasteiger partial charge >= 0.3 is 0 Å². The lowest BCUT2D eigenvalue weighted by molar-refractivity contribution is -0.128. The van der Waals surface area contributed by atoms with Crippen LogP contribution in [-0.2, 0) is 11.3 Å². The lowest BCUT2D eigenvalue weighted by atomic mass is 10.2. The van der Waals surface area contributed by atoms with Crippen molar-refractivity contribution in [2.75, 3.05) is 44.2 Å². The van der Waals surface area contributed by atoms with E-state index in [1.807, 2.05) is 24.0 Å². The van der Waals surface area contributed by atoms with E-state index in [-0.39, 0.29) is 5.91 Å². The number of fused-ring (bicyclic) bond motifs is 1. The molecular formula is C22H31N5O. The molecule has 0 aliphatic carbocycles. The van der Waals surface area contributed by atoms with E-state index in [2.05, 4.69) is 35.4 Å². The van der Waals surface area contributed by atoms with Crippen molar-refractivity contribution in [1.29, 1.82) is 0 Å². The van der Waals surface area contributed by atoms with Crippen molar-refractivity contribution in [3.8, 4) is 0 Å². The summed E-state index contributed by atoms with van der Waals surface area (Å²) in [4.78, 5) is 28.1. The predicted molar refractivity (Wildman–Crippen MR) is 114 cm³/mol. The molecule has 1 aromatic heterocycles. The lowest BCUT2D eigenvalue weighted by Gasteiger charge is -2.25. The van der Waals surface area contributed by atoms with Crippen molar-refractivity contribution in [2.45, 2.75) is 33.7 Å². The second kappa shape index (κ2) is 9.15. The zero-order valence-corrected chi connectivity index (χ0v) is 17.3. The molecule has 0 radical (unpaired) electrons. The topological polar surface area (TPSA) is 52.6 Å². The van der Waals surface area contributed by atoms with Gasteiger partial charge in [0.05, 0.1) is 12.1 Å². The van der Waals surface area contributed by atoms with Gasteiger partial charge in [-0.05, 0) is 32.0 Å². The molecule has 1 aliphatic heterocycles. The van der Waals surface area contributed by atoms with Crippen molar-refractivity contribution in [3.05, 3.63) is 42.2 Å². The number of anilines is 1. The van der Waals surface area contributed by atoms with Crippen molar-refractivity contribution in [2.24, 2.45) is 0 Å². The zero-order valence-electron chi connectivity index (χ0n) is 17.3.